The van der Waals surface area contributed by atoms with Crippen molar-refractivity contribution in [2.75, 3.05) is 0 Å². The topological polar surface area (TPSA) is 30.2 Å². The Morgan fingerprint density at radius 2 is 1.55 bits per heavy atom. The van der Waals surface area contributed by atoms with E-state index in [4.69, 9.17) is 4.42 Å². The summed E-state index contributed by atoms with van der Waals surface area (Å²) in [5.41, 5.74) is 2.52. The second kappa shape index (κ2) is 4.64. The fraction of sp³-hybridized carbons (Fsp3) is 0.167. The van der Waals surface area contributed by atoms with Crippen LogP contribution < -0.4 is 10.4 Å². The minimum atomic E-state index is 0.0789. The van der Waals surface area contributed by atoms with Gasteiger partial charge >= 0.3 is 0 Å². The molecule has 2 nitrogen and oxygen atoms in total. The average Bonchev–Trinajstić information content (AvgIpc) is 2.86. The molecule has 0 unspecified atom stereocenters. The van der Waals surface area contributed by atoms with Gasteiger partial charge in [0, 0.05) is 11.1 Å². The number of furan rings is 1. The Balaban J connectivity index is 2.28. The summed E-state index contributed by atoms with van der Waals surface area (Å²) in [6, 6.07) is 11.8. The van der Waals surface area contributed by atoms with Crippen LogP contribution in [0.15, 0.2) is 46.4 Å². The molecule has 2 aromatic rings. The van der Waals surface area contributed by atoms with Crippen molar-refractivity contribution in [1.82, 2.24) is 0 Å². The smallest absolute Gasteiger partial charge is 0.189 e. The highest BCUT2D eigenvalue weighted by molar-refractivity contribution is 6.31. The molecule has 0 amide bonds. The predicted molar refractivity (Wildman–Crippen MR) is 80.3 cm³/mol. The molecule has 1 aromatic heterocycles. The van der Waals surface area contributed by atoms with E-state index >= 15 is 0 Å². The molecule has 0 N–H and O–H groups in total. The fourth-order valence-corrected chi connectivity index (χ4v) is 2.62. The lowest BCUT2D eigenvalue weighted by Crippen LogP contribution is -2.35. The van der Waals surface area contributed by atoms with Crippen molar-refractivity contribution in [2.24, 2.45) is 0 Å². The number of Topliss-reactive ketones (excluding diaryl/α,β-unsaturated/α-hetero) is 1. The summed E-state index contributed by atoms with van der Waals surface area (Å²) in [5.74, 6) is 1.64. The highest BCUT2D eigenvalue weighted by Gasteiger charge is 2.19. The van der Waals surface area contributed by atoms with Gasteiger partial charge in [-0.25, -0.2) is 0 Å². The highest BCUT2D eigenvalue weighted by atomic mass is 16.3. The molecule has 1 aromatic carbocycles. The summed E-state index contributed by atoms with van der Waals surface area (Å²) in [6.07, 6.45) is 1.84. The molecule has 20 heavy (non-hydrogen) atoms. The molecule has 2 heteroatoms. The lowest BCUT2D eigenvalue weighted by atomic mass is 9.89. The molecule has 0 saturated carbocycles. The number of aryl methyl sites for hydroxylation is 1. The summed E-state index contributed by atoms with van der Waals surface area (Å²) in [6.45, 7) is 5.77. The van der Waals surface area contributed by atoms with Gasteiger partial charge in [-0.3, -0.25) is 4.79 Å². The fourth-order valence-electron chi connectivity index (χ4n) is 2.62. The summed E-state index contributed by atoms with van der Waals surface area (Å²) in [5, 5.41) is 2.15. The zero-order valence-electron chi connectivity index (χ0n) is 11.9. The van der Waals surface area contributed by atoms with Gasteiger partial charge in [-0.2, -0.15) is 0 Å². The molecular weight excluding hydrogens is 248 g/mol. The lowest BCUT2D eigenvalue weighted by molar-refractivity contribution is -0.110. The first-order valence-corrected chi connectivity index (χ1v) is 6.68. The molecule has 0 bridgehead atoms. The van der Waals surface area contributed by atoms with Crippen LogP contribution in [0.5, 0.6) is 0 Å². The number of allylic oxidation sites excluding steroid dienone is 1. The monoisotopic (exact) mass is 264 g/mol. The second-order valence-electron chi connectivity index (χ2n) is 5.13. The number of fused-ring (bicyclic) bond motifs is 1. The van der Waals surface area contributed by atoms with Crippen LogP contribution in [-0.4, -0.2) is 5.78 Å². The van der Waals surface area contributed by atoms with Gasteiger partial charge < -0.3 is 4.42 Å². The van der Waals surface area contributed by atoms with Gasteiger partial charge in [-0.05, 0) is 55.0 Å². The zero-order valence-corrected chi connectivity index (χ0v) is 11.9. The Morgan fingerprint density at radius 3 is 2.15 bits per heavy atom. The van der Waals surface area contributed by atoms with Gasteiger partial charge in [-0.15, -0.1) is 0 Å². The van der Waals surface area contributed by atoms with E-state index in [9.17, 15) is 4.79 Å². The first kappa shape index (κ1) is 12.7. The van der Waals surface area contributed by atoms with Gasteiger partial charge in [0.1, 0.15) is 11.5 Å². The SMILES string of the molecule is CC1=c2ccccc2=C(C)C(=Cc2ccc(C)o2)C1=O. The Morgan fingerprint density at radius 1 is 0.900 bits per heavy atom. The van der Waals surface area contributed by atoms with Gasteiger partial charge in [-0.1, -0.05) is 24.3 Å². The second-order valence-corrected chi connectivity index (χ2v) is 5.13. The number of hydrogen-bond donors (Lipinski definition) is 0. The molecule has 1 heterocycles. The number of carbonyl (C=O) groups excluding carboxylic acids is 1. The van der Waals surface area contributed by atoms with Crippen molar-refractivity contribution in [3.05, 3.63) is 63.9 Å². The van der Waals surface area contributed by atoms with Crippen molar-refractivity contribution in [3.8, 4) is 0 Å². The highest BCUT2D eigenvalue weighted by Crippen LogP contribution is 2.21. The van der Waals surface area contributed by atoms with Crippen LogP contribution in [0.2, 0.25) is 0 Å². The van der Waals surface area contributed by atoms with Crippen LogP contribution in [0.1, 0.15) is 25.4 Å². The van der Waals surface area contributed by atoms with E-state index in [2.05, 4.69) is 6.07 Å². The van der Waals surface area contributed by atoms with Gasteiger partial charge in [0.2, 0.25) is 0 Å². The molecule has 0 spiro atoms. The average molecular weight is 264 g/mol. The number of ketones is 1. The Labute approximate surface area is 117 Å². The van der Waals surface area contributed by atoms with Crippen molar-refractivity contribution < 1.29 is 9.21 Å². The minimum absolute atomic E-state index is 0.0789. The maximum absolute atomic E-state index is 12.5. The third-order valence-electron chi connectivity index (χ3n) is 3.77. The zero-order chi connectivity index (χ0) is 14.3. The molecule has 1 aliphatic carbocycles. The van der Waals surface area contributed by atoms with Crippen LogP contribution in [0.3, 0.4) is 0 Å². The summed E-state index contributed by atoms with van der Waals surface area (Å²) in [4.78, 5) is 12.5. The summed E-state index contributed by atoms with van der Waals surface area (Å²) < 4.78 is 5.55. The third-order valence-corrected chi connectivity index (χ3v) is 3.77. The van der Waals surface area contributed by atoms with Crippen molar-refractivity contribution >= 4 is 23.0 Å². The van der Waals surface area contributed by atoms with Crippen LogP contribution >= 0.6 is 0 Å². The third kappa shape index (κ3) is 1.94. The first-order chi connectivity index (χ1) is 9.58. The van der Waals surface area contributed by atoms with E-state index in [-0.39, 0.29) is 5.78 Å². The van der Waals surface area contributed by atoms with E-state index < -0.39 is 0 Å². The number of benzene rings is 1. The molecule has 0 atom stereocenters. The molecule has 1 aliphatic rings. The van der Waals surface area contributed by atoms with Crippen molar-refractivity contribution in [3.63, 3.8) is 0 Å². The molecule has 3 rings (SSSR count). The molecule has 0 fully saturated rings. The molecular formula is C18H16O2. The Bertz CT molecular complexity index is 848. The molecule has 0 aliphatic heterocycles. The van der Waals surface area contributed by atoms with E-state index in [1.807, 2.05) is 57.2 Å². The van der Waals surface area contributed by atoms with E-state index in [0.717, 1.165) is 38.7 Å². The Kier molecular flexibility index (Phi) is 2.94. The van der Waals surface area contributed by atoms with Crippen LogP contribution in [0.4, 0.5) is 0 Å². The number of rotatable bonds is 1. The van der Waals surface area contributed by atoms with E-state index in [1.54, 1.807) is 0 Å². The predicted octanol–water partition coefficient (Wildman–Crippen LogP) is 2.60. The van der Waals surface area contributed by atoms with Crippen molar-refractivity contribution in [1.29, 1.82) is 0 Å². The first-order valence-electron chi connectivity index (χ1n) is 6.68. The van der Waals surface area contributed by atoms with Gasteiger partial charge in [0.05, 0.1) is 0 Å². The maximum Gasteiger partial charge on any atom is 0.189 e. The lowest BCUT2D eigenvalue weighted by Gasteiger charge is -2.14. The molecule has 0 radical (unpaired) electrons. The van der Waals surface area contributed by atoms with E-state index in [0.29, 0.717) is 0 Å². The standard InChI is InChI=1S/C18H16O2/c1-11-8-9-14(20-11)10-17-12(2)15-6-4-5-7-16(15)13(3)18(17)19/h4-10H,1-3H3. The quantitative estimate of drug-likeness (QED) is 0.741. The van der Waals surface area contributed by atoms with Crippen LogP contribution in [0.25, 0.3) is 17.2 Å². The van der Waals surface area contributed by atoms with Crippen LogP contribution in [0, 0.1) is 6.92 Å². The van der Waals surface area contributed by atoms with Gasteiger partial charge in [0.25, 0.3) is 0 Å². The van der Waals surface area contributed by atoms with Gasteiger partial charge in [0.15, 0.2) is 5.78 Å². The minimum Gasteiger partial charge on any atom is -0.462 e. The summed E-state index contributed by atoms with van der Waals surface area (Å²) >= 11 is 0. The van der Waals surface area contributed by atoms with Crippen LogP contribution in [-0.2, 0) is 4.79 Å². The number of hydrogen-bond acceptors (Lipinski definition) is 2. The van der Waals surface area contributed by atoms with E-state index in [1.165, 1.54) is 0 Å². The largest absolute Gasteiger partial charge is 0.462 e. The molecule has 100 valence electrons. The normalized spacial score (nSPS) is 16.8. The van der Waals surface area contributed by atoms with Crippen molar-refractivity contribution in [2.45, 2.75) is 20.8 Å². The molecule has 0 saturated heterocycles. The Hall–Kier alpha value is -2.35. The number of carbonyl (C=O) groups is 1. The maximum atomic E-state index is 12.5. The summed E-state index contributed by atoms with van der Waals surface area (Å²) in [7, 11) is 0.